The summed E-state index contributed by atoms with van der Waals surface area (Å²) >= 11 is 0. The summed E-state index contributed by atoms with van der Waals surface area (Å²) < 4.78 is 10.9. The third-order valence-corrected chi connectivity index (χ3v) is 8.71. The van der Waals surface area contributed by atoms with Crippen LogP contribution in [0.3, 0.4) is 0 Å². The van der Waals surface area contributed by atoms with Crippen LogP contribution in [0.2, 0.25) is 0 Å². The number of aromatic nitrogens is 1. The Morgan fingerprint density at radius 1 is 0.881 bits per heavy atom. The monoisotopic (exact) mass is 557 g/mol. The molecule has 0 radical (unpaired) electrons. The number of hydrogen-bond donors (Lipinski definition) is 1. The Kier molecular flexibility index (Phi) is 5.93. The number of pyridine rings is 1. The largest absolute Gasteiger partial charge is 0.493 e. The van der Waals surface area contributed by atoms with Crippen molar-refractivity contribution in [2.75, 3.05) is 19.5 Å². The lowest BCUT2D eigenvalue weighted by atomic mass is 9.63. The van der Waals surface area contributed by atoms with Crippen LogP contribution in [0.25, 0.3) is 6.08 Å². The van der Waals surface area contributed by atoms with E-state index in [0.29, 0.717) is 28.3 Å². The molecule has 4 heterocycles. The molecule has 0 aliphatic carbocycles. The highest BCUT2D eigenvalue weighted by Crippen LogP contribution is 2.62. The molecule has 42 heavy (non-hydrogen) atoms. The number of rotatable bonds is 6. The van der Waals surface area contributed by atoms with E-state index in [1.807, 2.05) is 65.7 Å². The van der Waals surface area contributed by atoms with Gasteiger partial charge in [-0.05, 0) is 59.2 Å². The average Bonchev–Trinajstić information content (AvgIpc) is 3.52. The number of para-hydroxylation sites is 1. The van der Waals surface area contributed by atoms with Crippen LogP contribution in [-0.2, 0) is 10.2 Å². The van der Waals surface area contributed by atoms with Gasteiger partial charge in [0.25, 0.3) is 0 Å². The summed E-state index contributed by atoms with van der Waals surface area (Å²) in [5, 5.41) is 3.05. The molecule has 1 fully saturated rings. The number of amides is 1. The SMILES string of the molecule is COc1ccc(C(=O)[C@H]2[C@@H](C(=O)c3ccccn3)[C@]3(C(=O)Nc4ccccc43)[C@H]3c4ccccc4C=CN23)cc1OC. The maximum absolute atomic E-state index is 14.7. The summed E-state index contributed by atoms with van der Waals surface area (Å²) in [5.74, 6) is -1.23. The van der Waals surface area contributed by atoms with E-state index >= 15 is 0 Å². The van der Waals surface area contributed by atoms with E-state index in [2.05, 4.69) is 10.3 Å². The molecule has 0 bridgehead atoms. The van der Waals surface area contributed by atoms with Crippen LogP contribution in [0.4, 0.5) is 5.69 Å². The number of hydrogen-bond acceptors (Lipinski definition) is 7. The molecule has 3 aliphatic heterocycles. The Labute approximate surface area is 242 Å². The van der Waals surface area contributed by atoms with Gasteiger partial charge in [-0.3, -0.25) is 19.4 Å². The van der Waals surface area contributed by atoms with Crippen LogP contribution in [0.5, 0.6) is 11.5 Å². The van der Waals surface area contributed by atoms with Crippen molar-refractivity contribution in [3.63, 3.8) is 0 Å². The smallest absolute Gasteiger partial charge is 0.238 e. The Balaban J connectivity index is 1.52. The normalized spacial score (nSPS) is 23.1. The van der Waals surface area contributed by atoms with E-state index < -0.39 is 23.4 Å². The summed E-state index contributed by atoms with van der Waals surface area (Å²) in [5.41, 5.74) is 2.24. The van der Waals surface area contributed by atoms with Gasteiger partial charge in [-0.25, -0.2) is 0 Å². The number of nitrogens with zero attached hydrogens (tertiary/aromatic N) is 2. The molecule has 1 aromatic heterocycles. The predicted octanol–water partition coefficient (Wildman–Crippen LogP) is 5.08. The third-order valence-electron chi connectivity index (χ3n) is 8.71. The lowest BCUT2D eigenvalue weighted by Gasteiger charge is -2.38. The van der Waals surface area contributed by atoms with Crippen LogP contribution < -0.4 is 14.8 Å². The standard InChI is InChI=1S/C34H27N3O5/c1-41-26-15-14-21(19-27(26)42-2)30(38)29-28(31(39)25-13-7-8-17-35-25)34(23-11-5-6-12-24(23)36-33(34)40)32-22-10-4-3-9-20(22)16-18-37(29)32/h3-19,28-29,32H,1-2H3,(H,36,40)/t28-,29+,32+,34-/m0/s1. The van der Waals surface area contributed by atoms with E-state index in [0.717, 1.165) is 11.1 Å². The van der Waals surface area contributed by atoms with Crippen molar-refractivity contribution in [1.82, 2.24) is 9.88 Å². The second-order valence-electron chi connectivity index (χ2n) is 10.6. The van der Waals surface area contributed by atoms with Gasteiger partial charge < -0.3 is 19.7 Å². The molecular weight excluding hydrogens is 530 g/mol. The predicted molar refractivity (Wildman–Crippen MR) is 157 cm³/mol. The fraction of sp³-hybridized carbons (Fsp3) is 0.176. The first kappa shape index (κ1) is 25.7. The lowest BCUT2D eigenvalue weighted by Crippen LogP contribution is -2.49. The quantitative estimate of drug-likeness (QED) is 0.330. The van der Waals surface area contributed by atoms with Crippen LogP contribution >= 0.6 is 0 Å². The molecule has 208 valence electrons. The minimum Gasteiger partial charge on any atom is -0.493 e. The number of ether oxygens (including phenoxy) is 2. The topological polar surface area (TPSA) is 97.8 Å². The molecule has 3 aliphatic rings. The van der Waals surface area contributed by atoms with Crippen molar-refractivity contribution < 1.29 is 23.9 Å². The Hall–Kier alpha value is -5.24. The van der Waals surface area contributed by atoms with Crippen molar-refractivity contribution in [3.05, 3.63) is 125 Å². The van der Waals surface area contributed by atoms with E-state index in [4.69, 9.17) is 9.47 Å². The first-order valence-corrected chi connectivity index (χ1v) is 13.7. The number of ketones is 2. The molecule has 0 unspecified atom stereocenters. The number of methoxy groups -OCH3 is 2. The number of fused-ring (bicyclic) bond motifs is 6. The second kappa shape index (κ2) is 9.69. The molecule has 4 aromatic rings. The van der Waals surface area contributed by atoms with Gasteiger partial charge in [-0.15, -0.1) is 0 Å². The van der Waals surface area contributed by atoms with Crippen LogP contribution in [0, 0.1) is 5.92 Å². The van der Waals surface area contributed by atoms with Gasteiger partial charge in [-0.1, -0.05) is 48.5 Å². The Bertz CT molecular complexity index is 1790. The minimum absolute atomic E-state index is 0.196. The summed E-state index contributed by atoms with van der Waals surface area (Å²) in [6, 6.07) is 23.6. The zero-order valence-corrected chi connectivity index (χ0v) is 23.0. The average molecular weight is 558 g/mol. The zero-order chi connectivity index (χ0) is 29.0. The first-order chi connectivity index (χ1) is 20.5. The lowest BCUT2D eigenvalue weighted by molar-refractivity contribution is -0.122. The molecule has 8 nitrogen and oxygen atoms in total. The summed E-state index contributed by atoms with van der Waals surface area (Å²) in [4.78, 5) is 50.1. The molecule has 8 heteroatoms. The highest BCUT2D eigenvalue weighted by molar-refractivity contribution is 6.16. The summed E-state index contributed by atoms with van der Waals surface area (Å²) in [7, 11) is 3.03. The number of carbonyl (C=O) groups excluding carboxylic acids is 3. The highest BCUT2D eigenvalue weighted by atomic mass is 16.5. The molecule has 1 saturated heterocycles. The van der Waals surface area contributed by atoms with E-state index in [-0.39, 0.29) is 23.2 Å². The molecule has 1 spiro atoms. The molecular formula is C34H27N3O5. The maximum atomic E-state index is 14.7. The molecule has 1 N–H and O–H groups in total. The number of benzene rings is 3. The second-order valence-corrected chi connectivity index (χ2v) is 10.6. The Morgan fingerprint density at radius 3 is 2.43 bits per heavy atom. The van der Waals surface area contributed by atoms with Gasteiger partial charge in [0.2, 0.25) is 5.91 Å². The highest BCUT2D eigenvalue weighted by Gasteiger charge is 2.70. The van der Waals surface area contributed by atoms with Gasteiger partial charge in [0.1, 0.15) is 17.2 Å². The van der Waals surface area contributed by atoms with Crippen molar-refractivity contribution in [1.29, 1.82) is 0 Å². The van der Waals surface area contributed by atoms with Crippen LogP contribution in [0.15, 0.2) is 97.3 Å². The number of anilines is 1. The fourth-order valence-electron chi connectivity index (χ4n) is 7.00. The fourth-order valence-corrected chi connectivity index (χ4v) is 7.00. The number of Topliss-reactive ketones (excluding diaryl/α,β-unsaturated/α-hetero) is 2. The number of carbonyl (C=O) groups is 3. The molecule has 7 rings (SSSR count). The van der Waals surface area contributed by atoms with E-state index in [1.165, 1.54) is 14.2 Å². The molecule has 4 atom stereocenters. The van der Waals surface area contributed by atoms with Crippen molar-refractivity contribution >= 4 is 29.2 Å². The van der Waals surface area contributed by atoms with E-state index in [9.17, 15) is 14.4 Å². The van der Waals surface area contributed by atoms with Gasteiger partial charge in [0.05, 0.1) is 26.2 Å². The summed E-state index contributed by atoms with van der Waals surface area (Å²) in [6.45, 7) is 0. The molecule has 0 saturated carbocycles. The summed E-state index contributed by atoms with van der Waals surface area (Å²) in [6.07, 6.45) is 5.32. The van der Waals surface area contributed by atoms with Gasteiger partial charge in [0.15, 0.2) is 23.1 Å². The van der Waals surface area contributed by atoms with Gasteiger partial charge >= 0.3 is 0 Å². The molecule has 1 amide bonds. The molecule has 3 aromatic carbocycles. The zero-order valence-electron chi connectivity index (χ0n) is 23.0. The van der Waals surface area contributed by atoms with E-state index in [1.54, 1.807) is 42.6 Å². The van der Waals surface area contributed by atoms with Crippen LogP contribution in [-0.4, -0.2) is 47.6 Å². The van der Waals surface area contributed by atoms with Crippen molar-refractivity contribution in [2.24, 2.45) is 5.92 Å². The first-order valence-electron chi connectivity index (χ1n) is 13.7. The van der Waals surface area contributed by atoms with Crippen molar-refractivity contribution in [3.8, 4) is 11.5 Å². The van der Waals surface area contributed by atoms with Gasteiger partial charge in [-0.2, -0.15) is 0 Å². The number of nitrogens with one attached hydrogen (secondary N) is 1. The van der Waals surface area contributed by atoms with Gasteiger partial charge in [0, 0.05) is 23.6 Å². The maximum Gasteiger partial charge on any atom is 0.238 e. The Morgan fingerprint density at radius 2 is 1.64 bits per heavy atom. The third kappa shape index (κ3) is 3.48. The van der Waals surface area contributed by atoms with Crippen molar-refractivity contribution in [2.45, 2.75) is 17.5 Å². The minimum atomic E-state index is -1.41. The van der Waals surface area contributed by atoms with Crippen LogP contribution in [0.1, 0.15) is 43.6 Å².